The van der Waals surface area contributed by atoms with Gasteiger partial charge in [0.1, 0.15) is 11.6 Å². The standard InChI is InChI=1S/C15H19BrN2O6S/c1-15(2,3)24-14(20)17-10(13(19)23-4)8-25-12-6-5-9(16)7-11(12)18(21)22/h5-7,10H,8H2,1-4H3,(H,17,20)/t10-/m0/s1. The number of amides is 1. The molecule has 25 heavy (non-hydrogen) atoms. The molecule has 1 aromatic carbocycles. The van der Waals surface area contributed by atoms with Gasteiger partial charge in [-0.05, 0) is 32.9 Å². The molecule has 0 bridgehead atoms. The molecule has 10 heteroatoms. The second-order valence-electron chi connectivity index (χ2n) is 5.90. The van der Waals surface area contributed by atoms with E-state index in [0.29, 0.717) is 9.37 Å². The number of rotatable bonds is 6. The maximum absolute atomic E-state index is 11.9. The minimum Gasteiger partial charge on any atom is -0.467 e. The number of carbonyl (C=O) groups is 2. The predicted octanol–water partition coefficient (Wildman–Crippen LogP) is 3.52. The highest BCUT2D eigenvalue weighted by Crippen LogP contribution is 2.32. The van der Waals surface area contributed by atoms with Gasteiger partial charge in [-0.3, -0.25) is 10.1 Å². The Morgan fingerprint density at radius 1 is 1.40 bits per heavy atom. The normalized spacial score (nSPS) is 12.2. The zero-order chi connectivity index (χ0) is 19.2. The Morgan fingerprint density at radius 2 is 2.04 bits per heavy atom. The second-order valence-corrected chi connectivity index (χ2v) is 7.88. The van der Waals surface area contributed by atoms with Gasteiger partial charge in [0.15, 0.2) is 0 Å². The van der Waals surface area contributed by atoms with E-state index in [1.807, 2.05) is 0 Å². The van der Waals surface area contributed by atoms with Gasteiger partial charge < -0.3 is 14.8 Å². The van der Waals surface area contributed by atoms with E-state index in [4.69, 9.17) is 4.74 Å². The first kappa shape index (κ1) is 21.2. The van der Waals surface area contributed by atoms with E-state index >= 15 is 0 Å². The molecule has 0 radical (unpaired) electrons. The number of carbonyl (C=O) groups excluding carboxylic acids is 2. The van der Waals surface area contributed by atoms with E-state index in [0.717, 1.165) is 11.8 Å². The molecule has 0 heterocycles. The van der Waals surface area contributed by atoms with Crippen LogP contribution in [0.15, 0.2) is 27.6 Å². The molecule has 8 nitrogen and oxygen atoms in total. The first-order valence-corrected chi connectivity index (χ1v) is 8.95. The number of nitrogens with one attached hydrogen (secondary N) is 1. The molecule has 0 spiro atoms. The third-order valence-electron chi connectivity index (χ3n) is 2.70. The summed E-state index contributed by atoms with van der Waals surface area (Å²) in [6, 6.07) is 3.59. The fourth-order valence-electron chi connectivity index (χ4n) is 1.69. The molecule has 1 rings (SSSR count). The lowest BCUT2D eigenvalue weighted by molar-refractivity contribution is -0.387. The Bertz CT molecular complexity index is 662. The van der Waals surface area contributed by atoms with Crippen molar-refractivity contribution in [2.75, 3.05) is 12.9 Å². The number of esters is 1. The number of ether oxygens (including phenoxy) is 2. The average Bonchev–Trinajstić information content (AvgIpc) is 2.49. The number of benzene rings is 1. The lowest BCUT2D eigenvalue weighted by atomic mass is 10.2. The van der Waals surface area contributed by atoms with Crippen LogP contribution in [0.5, 0.6) is 0 Å². The maximum Gasteiger partial charge on any atom is 0.408 e. The van der Waals surface area contributed by atoms with Crippen molar-refractivity contribution in [3.8, 4) is 0 Å². The van der Waals surface area contributed by atoms with Crippen LogP contribution in [-0.4, -0.2) is 41.5 Å². The molecule has 0 fully saturated rings. The molecular formula is C15H19BrN2O6S. The van der Waals surface area contributed by atoms with Gasteiger partial charge in [-0.15, -0.1) is 11.8 Å². The van der Waals surface area contributed by atoms with Crippen LogP contribution in [-0.2, 0) is 14.3 Å². The molecular weight excluding hydrogens is 416 g/mol. The average molecular weight is 435 g/mol. The van der Waals surface area contributed by atoms with Crippen molar-refractivity contribution >= 4 is 45.4 Å². The molecule has 0 aromatic heterocycles. The lowest BCUT2D eigenvalue weighted by Crippen LogP contribution is -2.45. The molecule has 1 atom stereocenters. The monoisotopic (exact) mass is 434 g/mol. The molecule has 1 N–H and O–H groups in total. The van der Waals surface area contributed by atoms with Gasteiger partial charge in [-0.1, -0.05) is 15.9 Å². The van der Waals surface area contributed by atoms with Crippen LogP contribution in [0.2, 0.25) is 0 Å². The second kappa shape index (κ2) is 9.04. The van der Waals surface area contributed by atoms with Gasteiger partial charge in [-0.2, -0.15) is 0 Å². The number of nitro benzene ring substituents is 1. The van der Waals surface area contributed by atoms with Crippen LogP contribution in [0.25, 0.3) is 0 Å². The lowest BCUT2D eigenvalue weighted by Gasteiger charge is -2.22. The fraction of sp³-hybridized carbons (Fsp3) is 0.467. The molecule has 0 aliphatic heterocycles. The highest BCUT2D eigenvalue weighted by Gasteiger charge is 2.26. The fourth-order valence-corrected chi connectivity index (χ4v) is 3.05. The van der Waals surface area contributed by atoms with E-state index in [-0.39, 0.29) is 11.4 Å². The minimum absolute atomic E-state index is 0.0500. The maximum atomic E-state index is 11.9. The summed E-state index contributed by atoms with van der Waals surface area (Å²) in [5.74, 6) is -0.618. The Kier molecular flexibility index (Phi) is 7.68. The van der Waals surface area contributed by atoms with Crippen LogP contribution in [0.3, 0.4) is 0 Å². The Balaban J connectivity index is 2.85. The molecule has 0 aliphatic rings. The number of alkyl carbamates (subject to hydrolysis) is 1. The summed E-state index contributed by atoms with van der Waals surface area (Å²) >= 11 is 4.24. The van der Waals surface area contributed by atoms with Crippen LogP contribution in [0.1, 0.15) is 20.8 Å². The van der Waals surface area contributed by atoms with E-state index < -0.39 is 28.6 Å². The summed E-state index contributed by atoms with van der Waals surface area (Å²) in [5, 5.41) is 13.6. The molecule has 0 saturated carbocycles. The van der Waals surface area contributed by atoms with E-state index in [1.54, 1.807) is 32.9 Å². The Morgan fingerprint density at radius 3 is 2.56 bits per heavy atom. The SMILES string of the molecule is COC(=O)[C@H](CSc1ccc(Br)cc1[N+](=O)[O-])NC(=O)OC(C)(C)C. The van der Waals surface area contributed by atoms with Gasteiger partial charge in [0.2, 0.25) is 0 Å². The summed E-state index contributed by atoms with van der Waals surface area (Å²) in [5.41, 5.74) is -0.817. The molecule has 138 valence electrons. The first-order valence-electron chi connectivity index (χ1n) is 7.17. The van der Waals surface area contributed by atoms with Gasteiger partial charge >= 0.3 is 12.1 Å². The van der Waals surface area contributed by atoms with E-state index in [2.05, 4.69) is 26.0 Å². The van der Waals surface area contributed by atoms with Crippen LogP contribution in [0.4, 0.5) is 10.5 Å². The Labute approximate surface area is 157 Å². The number of thioether (sulfide) groups is 1. The zero-order valence-corrected chi connectivity index (χ0v) is 16.6. The summed E-state index contributed by atoms with van der Waals surface area (Å²) in [6.45, 7) is 5.08. The third kappa shape index (κ3) is 7.30. The number of nitrogens with zero attached hydrogens (tertiary/aromatic N) is 1. The highest BCUT2D eigenvalue weighted by atomic mass is 79.9. The smallest absolute Gasteiger partial charge is 0.408 e. The highest BCUT2D eigenvalue weighted by molar-refractivity contribution is 9.10. The number of hydrogen-bond donors (Lipinski definition) is 1. The number of nitro groups is 1. The van der Waals surface area contributed by atoms with E-state index in [9.17, 15) is 19.7 Å². The summed E-state index contributed by atoms with van der Waals surface area (Å²) < 4.78 is 10.3. The van der Waals surface area contributed by atoms with Crippen molar-refractivity contribution in [2.45, 2.75) is 37.3 Å². The predicted molar refractivity (Wildman–Crippen MR) is 96.7 cm³/mol. The molecule has 1 amide bonds. The molecule has 0 saturated heterocycles. The summed E-state index contributed by atoms with van der Waals surface area (Å²) in [7, 11) is 1.19. The molecule has 0 unspecified atom stereocenters. The summed E-state index contributed by atoms with van der Waals surface area (Å²) in [4.78, 5) is 34.7. The van der Waals surface area contributed by atoms with Gasteiger partial charge in [0.25, 0.3) is 5.69 Å². The summed E-state index contributed by atoms with van der Waals surface area (Å²) in [6.07, 6.45) is -0.770. The number of halogens is 1. The van der Waals surface area contributed by atoms with Gasteiger partial charge in [0.05, 0.1) is 16.9 Å². The quantitative estimate of drug-likeness (QED) is 0.315. The topological polar surface area (TPSA) is 108 Å². The van der Waals surface area contributed by atoms with Crippen LogP contribution >= 0.6 is 27.7 Å². The van der Waals surface area contributed by atoms with E-state index in [1.165, 1.54) is 13.2 Å². The van der Waals surface area contributed by atoms with Crippen molar-refractivity contribution in [2.24, 2.45) is 0 Å². The third-order valence-corrected chi connectivity index (χ3v) is 4.35. The van der Waals surface area contributed by atoms with Crippen molar-refractivity contribution in [1.29, 1.82) is 0 Å². The molecule has 0 aliphatic carbocycles. The van der Waals surface area contributed by atoms with Crippen LogP contribution in [0, 0.1) is 10.1 Å². The number of hydrogen-bond acceptors (Lipinski definition) is 7. The van der Waals surface area contributed by atoms with Crippen molar-refractivity contribution in [3.63, 3.8) is 0 Å². The van der Waals surface area contributed by atoms with Crippen molar-refractivity contribution in [1.82, 2.24) is 5.32 Å². The van der Waals surface area contributed by atoms with Crippen LogP contribution < -0.4 is 5.32 Å². The Hall–Kier alpha value is -1.81. The minimum atomic E-state index is -1.01. The van der Waals surface area contributed by atoms with Gasteiger partial charge in [0, 0.05) is 16.3 Å². The van der Waals surface area contributed by atoms with Gasteiger partial charge in [-0.25, -0.2) is 9.59 Å². The largest absolute Gasteiger partial charge is 0.467 e. The van der Waals surface area contributed by atoms with Crippen molar-refractivity contribution in [3.05, 3.63) is 32.8 Å². The first-order chi connectivity index (χ1) is 11.5. The molecule has 1 aromatic rings. The number of methoxy groups -OCH3 is 1. The zero-order valence-electron chi connectivity index (χ0n) is 14.2. The van der Waals surface area contributed by atoms with Crippen molar-refractivity contribution < 1.29 is 24.0 Å².